The van der Waals surface area contributed by atoms with Crippen LogP contribution < -0.4 is 20.5 Å². The zero-order valence-corrected chi connectivity index (χ0v) is 13.6. The number of benzene rings is 1. The number of carbonyl (C=O) groups is 1. The lowest BCUT2D eigenvalue weighted by atomic mass is 9.69. The van der Waals surface area contributed by atoms with Crippen molar-refractivity contribution >= 4 is 6.03 Å². The van der Waals surface area contributed by atoms with Gasteiger partial charge in [-0.1, -0.05) is 6.07 Å². The molecule has 1 aromatic rings. The predicted molar refractivity (Wildman–Crippen MR) is 82.0 cm³/mol. The number of amides is 2. The molecule has 1 aromatic carbocycles. The summed E-state index contributed by atoms with van der Waals surface area (Å²) in [6.45, 7) is -6.44. The monoisotopic (exact) mass is 375 g/mol. The summed E-state index contributed by atoms with van der Waals surface area (Å²) in [6, 6.07) is 4.89. The summed E-state index contributed by atoms with van der Waals surface area (Å²) >= 11 is 0. The van der Waals surface area contributed by atoms with Crippen molar-refractivity contribution in [2.24, 2.45) is 5.73 Å². The van der Waals surface area contributed by atoms with Gasteiger partial charge in [0.25, 0.3) is 0 Å². The second kappa shape index (κ2) is 8.12. The van der Waals surface area contributed by atoms with Gasteiger partial charge in [0.2, 0.25) is 0 Å². The summed E-state index contributed by atoms with van der Waals surface area (Å²) < 4.78 is 58.4. The van der Waals surface area contributed by atoms with Gasteiger partial charge in [-0.3, -0.25) is 0 Å². The Morgan fingerprint density at radius 3 is 2.27 bits per heavy atom. The number of carbonyl (C=O) groups excluding carboxylic acids is 1. The Balaban J connectivity index is 2.28. The number of nitrogens with two attached hydrogens (primary N) is 1. The number of nitriles is 1. The lowest BCUT2D eigenvalue weighted by Crippen LogP contribution is -2.43. The van der Waals surface area contributed by atoms with E-state index in [4.69, 9.17) is 5.73 Å². The van der Waals surface area contributed by atoms with E-state index in [1.165, 1.54) is 6.07 Å². The summed E-state index contributed by atoms with van der Waals surface area (Å²) in [7, 11) is 0. The summed E-state index contributed by atoms with van der Waals surface area (Å²) in [5.74, 6) is -1.11. The number of ether oxygens (including phenoxy) is 2. The highest BCUT2D eigenvalue weighted by atomic mass is 19.3. The molecule has 0 radical (unpaired) electrons. The molecule has 6 nitrogen and oxygen atoms in total. The van der Waals surface area contributed by atoms with Crippen molar-refractivity contribution in [3.63, 3.8) is 0 Å². The number of nitrogens with zero attached hydrogens (tertiary/aromatic N) is 1. The summed E-state index contributed by atoms with van der Waals surface area (Å²) in [5.41, 5.74) is 4.42. The molecule has 0 aliphatic heterocycles. The third-order valence-electron chi connectivity index (χ3n) is 4.33. The minimum absolute atomic E-state index is 0.188. The Labute approximate surface area is 146 Å². The number of primary amides is 1. The Morgan fingerprint density at radius 1 is 1.19 bits per heavy atom. The summed E-state index contributed by atoms with van der Waals surface area (Å²) in [4.78, 5) is 10.9. The fourth-order valence-electron chi connectivity index (χ4n) is 3.11. The maximum absolute atomic E-state index is 12.6. The SMILES string of the molecule is N#CC1(c2ccc(OC(F)F)c(OC(F)F)c2)CCC(NC(N)=O)CC1. The molecule has 0 unspecified atom stereocenters. The average Bonchev–Trinajstić information content (AvgIpc) is 2.56. The third-order valence-corrected chi connectivity index (χ3v) is 4.33. The molecule has 10 heteroatoms. The van der Waals surface area contributed by atoms with Crippen LogP contribution in [0, 0.1) is 11.3 Å². The second-order valence-corrected chi connectivity index (χ2v) is 5.90. The zero-order chi connectivity index (χ0) is 19.3. The first-order chi connectivity index (χ1) is 12.3. The lowest BCUT2D eigenvalue weighted by molar-refractivity contribution is -0.0693. The van der Waals surface area contributed by atoms with Crippen molar-refractivity contribution in [1.29, 1.82) is 5.26 Å². The molecule has 0 bridgehead atoms. The van der Waals surface area contributed by atoms with Gasteiger partial charge in [0.15, 0.2) is 11.5 Å². The Hall–Kier alpha value is -2.70. The van der Waals surface area contributed by atoms with Gasteiger partial charge in [0.05, 0.1) is 11.5 Å². The molecular weight excluding hydrogens is 358 g/mol. The van der Waals surface area contributed by atoms with Crippen LogP contribution in [0.3, 0.4) is 0 Å². The van der Waals surface area contributed by atoms with Crippen LogP contribution in [0.2, 0.25) is 0 Å². The molecule has 0 spiro atoms. The Kier molecular flexibility index (Phi) is 6.13. The molecule has 1 fully saturated rings. The molecule has 0 saturated heterocycles. The van der Waals surface area contributed by atoms with E-state index >= 15 is 0 Å². The number of hydrogen-bond donors (Lipinski definition) is 2. The maximum Gasteiger partial charge on any atom is 0.387 e. The molecule has 3 N–H and O–H groups in total. The minimum atomic E-state index is -3.24. The van der Waals surface area contributed by atoms with Gasteiger partial charge in [-0.2, -0.15) is 22.8 Å². The minimum Gasteiger partial charge on any atom is -0.431 e. The normalized spacial score (nSPS) is 22.7. The number of rotatable bonds is 6. The molecule has 0 heterocycles. The Morgan fingerprint density at radius 2 is 1.77 bits per heavy atom. The summed E-state index contributed by atoms with van der Waals surface area (Å²) in [5, 5.41) is 12.2. The van der Waals surface area contributed by atoms with Gasteiger partial charge in [0.1, 0.15) is 0 Å². The first-order valence-electron chi connectivity index (χ1n) is 7.77. The number of halogens is 4. The number of nitrogens with one attached hydrogen (secondary N) is 1. The van der Waals surface area contributed by atoms with E-state index < -0.39 is 36.2 Å². The van der Waals surface area contributed by atoms with E-state index in [1.54, 1.807) is 0 Å². The van der Waals surface area contributed by atoms with Crippen molar-refractivity contribution in [3.8, 4) is 17.6 Å². The van der Waals surface area contributed by atoms with Gasteiger partial charge in [-0.05, 0) is 43.4 Å². The van der Waals surface area contributed by atoms with Gasteiger partial charge >= 0.3 is 19.3 Å². The first kappa shape index (κ1) is 19.6. The average molecular weight is 375 g/mol. The molecule has 26 heavy (non-hydrogen) atoms. The van der Waals surface area contributed by atoms with Crippen LogP contribution in [-0.2, 0) is 5.41 Å². The van der Waals surface area contributed by atoms with Crippen LogP contribution in [-0.4, -0.2) is 25.3 Å². The van der Waals surface area contributed by atoms with Gasteiger partial charge in [-0.15, -0.1) is 0 Å². The quantitative estimate of drug-likeness (QED) is 0.746. The molecule has 1 aliphatic rings. The molecule has 1 aliphatic carbocycles. The van der Waals surface area contributed by atoms with E-state index in [9.17, 15) is 27.6 Å². The third kappa shape index (κ3) is 4.68. The van der Waals surface area contributed by atoms with Crippen molar-refractivity contribution in [1.82, 2.24) is 5.32 Å². The van der Waals surface area contributed by atoms with Crippen molar-refractivity contribution in [3.05, 3.63) is 23.8 Å². The second-order valence-electron chi connectivity index (χ2n) is 5.90. The molecule has 2 rings (SSSR count). The Bertz CT molecular complexity index is 686. The standard InChI is InChI=1S/C16H17F4N3O3/c17-13(18)25-11-2-1-9(7-12(11)26-14(19)20)16(8-21)5-3-10(4-6-16)23-15(22)24/h1-2,7,10,13-14H,3-6H2,(H3,22,23,24). The number of alkyl halides is 4. The van der Waals surface area contributed by atoms with Crippen LogP contribution in [0.25, 0.3) is 0 Å². The van der Waals surface area contributed by atoms with Crippen LogP contribution in [0.4, 0.5) is 22.4 Å². The largest absolute Gasteiger partial charge is 0.431 e. The van der Waals surface area contributed by atoms with Gasteiger partial charge in [0, 0.05) is 6.04 Å². The molecule has 0 atom stereocenters. The molecule has 2 amide bonds. The highest BCUT2D eigenvalue weighted by molar-refractivity contribution is 5.72. The predicted octanol–water partition coefficient (Wildman–Crippen LogP) is 3.26. The van der Waals surface area contributed by atoms with Crippen molar-refractivity contribution in [2.45, 2.75) is 50.4 Å². The molecular formula is C16H17F4N3O3. The van der Waals surface area contributed by atoms with Crippen LogP contribution in [0.15, 0.2) is 18.2 Å². The van der Waals surface area contributed by atoms with E-state index in [2.05, 4.69) is 20.9 Å². The molecule has 0 aromatic heterocycles. The van der Waals surface area contributed by atoms with E-state index in [0.29, 0.717) is 31.2 Å². The van der Waals surface area contributed by atoms with E-state index in [-0.39, 0.29) is 6.04 Å². The zero-order valence-electron chi connectivity index (χ0n) is 13.6. The van der Waals surface area contributed by atoms with E-state index in [0.717, 1.165) is 12.1 Å². The lowest BCUT2D eigenvalue weighted by Gasteiger charge is -2.35. The fraction of sp³-hybridized carbons (Fsp3) is 0.500. The van der Waals surface area contributed by atoms with E-state index in [1.807, 2.05) is 0 Å². The van der Waals surface area contributed by atoms with Crippen molar-refractivity contribution < 1.29 is 31.8 Å². The van der Waals surface area contributed by atoms with Gasteiger partial charge < -0.3 is 20.5 Å². The highest BCUT2D eigenvalue weighted by Crippen LogP contribution is 2.42. The highest BCUT2D eigenvalue weighted by Gasteiger charge is 2.38. The maximum atomic E-state index is 12.6. The van der Waals surface area contributed by atoms with Gasteiger partial charge in [-0.25, -0.2) is 4.79 Å². The van der Waals surface area contributed by atoms with Crippen LogP contribution in [0.1, 0.15) is 31.2 Å². The smallest absolute Gasteiger partial charge is 0.387 e. The number of hydrogen-bond acceptors (Lipinski definition) is 4. The van der Waals surface area contributed by atoms with Crippen LogP contribution in [0.5, 0.6) is 11.5 Å². The number of urea groups is 1. The topological polar surface area (TPSA) is 97.4 Å². The van der Waals surface area contributed by atoms with Crippen LogP contribution >= 0.6 is 0 Å². The summed E-state index contributed by atoms with van der Waals surface area (Å²) in [6.07, 6.45) is 1.57. The van der Waals surface area contributed by atoms with Crippen molar-refractivity contribution in [2.75, 3.05) is 0 Å². The first-order valence-corrected chi connectivity index (χ1v) is 7.77. The fourth-order valence-corrected chi connectivity index (χ4v) is 3.11. The molecule has 1 saturated carbocycles. The molecule has 142 valence electrons.